The van der Waals surface area contributed by atoms with Crippen LogP contribution in [0, 0.1) is 0 Å². The zero-order valence-corrected chi connectivity index (χ0v) is 13.6. The molecule has 0 saturated heterocycles. The number of halogens is 1. The lowest BCUT2D eigenvalue weighted by Gasteiger charge is -2.17. The maximum atomic E-state index is 5.28. The molecular formula is C15H18BrNOS. The number of nitrogens with one attached hydrogen (secondary N) is 1. The van der Waals surface area contributed by atoms with E-state index in [1.165, 1.54) is 14.2 Å². The summed E-state index contributed by atoms with van der Waals surface area (Å²) >= 11 is 5.32. The molecule has 0 fully saturated rings. The second-order valence-corrected chi connectivity index (χ2v) is 6.80. The minimum absolute atomic E-state index is 0.355. The van der Waals surface area contributed by atoms with Crippen LogP contribution in [-0.4, -0.2) is 13.7 Å². The van der Waals surface area contributed by atoms with Crippen molar-refractivity contribution in [2.24, 2.45) is 0 Å². The zero-order chi connectivity index (χ0) is 13.7. The minimum atomic E-state index is 0.355. The summed E-state index contributed by atoms with van der Waals surface area (Å²) in [7, 11) is 1.71. The van der Waals surface area contributed by atoms with Gasteiger partial charge < -0.3 is 10.1 Å². The summed E-state index contributed by atoms with van der Waals surface area (Å²) in [5.41, 5.74) is 1.29. The molecule has 2 rings (SSSR count). The third-order valence-electron chi connectivity index (χ3n) is 2.96. The Kier molecular flexibility index (Phi) is 5.43. The first-order chi connectivity index (χ1) is 9.22. The summed E-state index contributed by atoms with van der Waals surface area (Å²) in [5.74, 6) is 0.917. The van der Waals surface area contributed by atoms with Gasteiger partial charge in [-0.1, -0.05) is 19.1 Å². The molecule has 1 unspecified atom stereocenters. The Bertz CT molecular complexity index is 526. The largest absolute Gasteiger partial charge is 0.497 e. The lowest BCUT2D eigenvalue weighted by Crippen LogP contribution is -2.22. The third-order valence-corrected chi connectivity index (χ3v) is 4.70. The van der Waals surface area contributed by atoms with E-state index in [1.807, 2.05) is 12.1 Å². The maximum Gasteiger partial charge on any atom is 0.119 e. The topological polar surface area (TPSA) is 21.3 Å². The van der Waals surface area contributed by atoms with Crippen LogP contribution < -0.4 is 10.1 Å². The lowest BCUT2D eigenvalue weighted by atomic mass is 10.0. The van der Waals surface area contributed by atoms with Crippen LogP contribution in [0.4, 0.5) is 0 Å². The van der Waals surface area contributed by atoms with Crippen LogP contribution in [0.15, 0.2) is 40.2 Å². The molecule has 0 aliphatic carbocycles. The minimum Gasteiger partial charge on any atom is -0.497 e. The molecule has 19 heavy (non-hydrogen) atoms. The van der Waals surface area contributed by atoms with E-state index in [9.17, 15) is 0 Å². The molecule has 0 aliphatic heterocycles. The van der Waals surface area contributed by atoms with Gasteiger partial charge in [-0.2, -0.15) is 0 Å². The summed E-state index contributed by atoms with van der Waals surface area (Å²) in [5, 5.41) is 3.55. The summed E-state index contributed by atoms with van der Waals surface area (Å²) in [6, 6.07) is 12.9. The molecule has 1 heterocycles. The molecule has 0 aliphatic rings. The number of benzene rings is 1. The maximum absolute atomic E-state index is 5.28. The van der Waals surface area contributed by atoms with Crippen LogP contribution in [0.3, 0.4) is 0 Å². The van der Waals surface area contributed by atoms with E-state index >= 15 is 0 Å². The Hall–Kier alpha value is -0.840. The van der Waals surface area contributed by atoms with Crippen molar-refractivity contribution in [1.82, 2.24) is 5.32 Å². The molecule has 102 valence electrons. The van der Waals surface area contributed by atoms with E-state index in [1.54, 1.807) is 18.4 Å². The zero-order valence-electron chi connectivity index (χ0n) is 11.2. The number of ether oxygens (including phenoxy) is 1. The lowest BCUT2D eigenvalue weighted by molar-refractivity contribution is 0.414. The van der Waals surface area contributed by atoms with Crippen LogP contribution in [0.2, 0.25) is 0 Å². The van der Waals surface area contributed by atoms with Gasteiger partial charge in [0.25, 0.3) is 0 Å². The number of hydrogen-bond donors (Lipinski definition) is 1. The molecule has 1 atom stereocenters. The Morgan fingerprint density at radius 2 is 2.16 bits per heavy atom. The van der Waals surface area contributed by atoms with Gasteiger partial charge >= 0.3 is 0 Å². The second kappa shape index (κ2) is 7.08. The van der Waals surface area contributed by atoms with Crippen molar-refractivity contribution in [3.05, 3.63) is 50.6 Å². The van der Waals surface area contributed by atoms with Crippen molar-refractivity contribution >= 4 is 27.3 Å². The molecule has 0 radical (unpaired) electrons. The SMILES string of the molecule is CCNC(Cc1cccc(OC)c1)c1ccc(Br)s1. The molecule has 0 spiro atoms. The van der Waals surface area contributed by atoms with Crippen LogP contribution in [-0.2, 0) is 6.42 Å². The highest BCUT2D eigenvalue weighted by atomic mass is 79.9. The van der Waals surface area contributed by atoms with Gasteiger partial charge in [0.2, 0.25) is 0 Å². The molecule has 2 aromatic rings. The van der Waals surface area contributed by atoms with Gasteiger partial charge in [-0.3, -0.25) is 0 Å². The predicted molar refractivity (Wildman–Crippen MR) is 85.1 cm³/mol. The Morgan fingerprint density at radius 1 is 1.32 bits per heavy atom. The summed E-state index contributed by atoms with van der Waals surface area (Å²) < 4.78 is 6.46. The Labute approximate surface area is 126 Å². The van der Waals surface area contributed by atoms with Gasteiger partial charge in [-0.25, -0.2) is 0 Å². The number of thiophene rings is 1. The molecule has 1 aromatic heterocycles. The Morgan fingerprint density at radius 3 is 2.79 bits per heavy atom. The molecule has 2 nitrogen and oxygen atoms in total. The van der Waals surface area contributed by atoms with Crippen molar-refractivity contribution in [2.45, 2.75) is 19.4 Å². The molecule has 0 amide bonds. The van der Waals surface area contributed by atoms with Crippen molar-refractivity contribution in [3.63, 3.8) is 0 Å². The predicted octanol–water partition coefficient (Wildman–Crippen LogP) is 4.41. The van der Waals surface area contributed by atoms with E-state index in [4.69, 9.17) is 4.74 Å². The standard InChI is InChI=1S/C15H18BrNOS/c1-3-17-13(14-7-8-15(16)19-14)10-11-5-4-6-12(9-11)18-2/h4-9,13,17H,3,10H2,1-2H3. The van der Waals surface area contributed by atoms with Crippen LogP contribution in [0.25, 0.3) is 0 Å². The van der Waals surface area contributed by atoms with E-state index in [2.05, 4.69) is 52.4 Å². The number of likely N-dealkylation sites (N-methyl/N-ethyl adjacent to an activating group) is 1. The monoisotopic (exact) mass is 339 g/mol. The molecule has 0 saturated carbocycles. The summed E-state index contributed by atoms with van der Waals surface area (Å²) in [6.07, 6.45) is 0.970. The van der Waals surface area contributed by atoms with Gasteiger partial charge in [-0.15, -0.1) is 11.3 Å². The summed E-state index contributed by atoms with van der Waals surface area (Å²) in [6.45, 7) is 3.10. The highest BCUT2D eigenvalue weighted by Crippen LogP contribution is 2.29. The first-order valence-corrected chi connectivity index (χ1v) is 7.95. The summed E-state index contributed by atoms with van der Waals surface area (Å²) in [4.78, 5) is 1.36. The average molecular weight is 340 g/mol. The third kappa shape index (κ3) is 4.06. The average Bonchev–Trinajstić information content (AvgIpc) is 2.85. The van der Waals surface area contributed by atoms with Crippen molar-refractivity contribution in [1.29, 1.82) is 0 Å². The van der Waals surface area contributed by atoms with Gasteiger partial charge in [-0.05, 0) is 58.7 Å². The highest BCUT2D eigenvalue weighted by Gasteiger charge is 2.13. The number of methoxy groups -OCH3 is 1. The fraction of sp³-hybridized carbons (Fsp3) is 0.333. The fourth-order valence-electron chi connectivity index (χ4n) is 2.07. The Balaban J connectivity index is 2.16. The van der Waals surface area contributed by atoms with Gasteiger partial charge in [0.05, 0.1) is 10.9 Å². The number of rotatable bonds is 6. The van der Waals surface area contributed by atoms with Gasteiger partial charge in [0.1, 0.15) is 5.75 Å². The van der Waals surface area contributed by atoms with E-state index < -0.39 is 0 Å². The smallest absolute Gasteiger partial charge is 0.119 e. The van der Waals surface area contributed by atoms with E-state index in [-0.39, 0.29) is 0 Å². The fourth-order valence-corrected chi connectivity index (χ4v) is 3.57. The normalized spacial score (nSPS) is 12.4. The molecular weight excluding hydrogens is 322 g/mol. The van der Waals surface area contributed by atoms with E-state index in [0.717, 1.165) is 18.7 Å². The van der Waals surface area contributed by atoms with Gasteiger partial charge in [0, 0.05) is 10.9 Å². The van der Waals surface area contributed by atoms with Crippen molar-refractivity contribution in [2.75, 3.05) is 13.7 Å². The molecule has 4 heteroatoms. The quantitative estimate of drug-likeness (QED) is 0.841. The molecule has 1 N–H and O–H groups in total. The van der Waals surface area contributed by atoms with Crippen molar-refractivity contribution < 1.29 is 4.74 Å². The van der Waals surface area contributed by atoms with E-state index in [0.29, 0.717) is 6.04 Å². The highest BCUT2D eigenvalue weighted by molar-refractivity contribution is 9.11. The number of hydrogen-bond acceptors (Lipinski definition) is 3. The van der Waals surface area contributed by atoms with Crippen LogP contribution in [0.5, 0.6) is 5.75 Å². The first kappa shape index (κ1) is 14.6. The van der Waals surface area contributed by atoms with Crippen LogP contribution >= 0.6 is 27.3 Å². The van der Waals surface area contributed by atoms with Crippen molar-refractivity contribution in [3.8, 4) is 5.75 Å². The van der Waals surface area contributed by atoms with Gasteiger partial charge in [0.15, 0.2) is 0 Å². The van der Waals surface area contributed by atoms with Crippen LogP contribution in [0.1, 0.15) is 23.4 Å². The molecule has 1 aromatic carbocycles. The first-order valence-electron chi connectivity index (χ1n) is 6.34. The molecule has 0 bridgehead atoms. The second-order valence-electron chi connectivity index (χ2n) is 4.31.